The molecular weight excluding hydrogens is 416 g/mol. The van der Waals surface area contributed by atoms with Crippen LogP contribution in [0, 0.1) is 34.6 Å². The number of hydrogen-bond donors (Lipinski definition) is 2. The summed E-state index contributed by atoms with van der Waals surface area (Å²) in [6.45, 7) is 11.7. The fourth-order valence-corrected chi connectivity index (χ4v) is 5.51. The van der Waals surface area contributed by atoms with Crippen molar-refractivity contribution in [1.29, 1.82) is 0 Å². The smallest absolute Gasteiger partial charge is 0.170 e. The van der Waals surface area contributed by atoms with E-state index in [2.05, 4.69) is 78.7 Å². The van der Waals surface area contributed by atoms with Gasteiger partial charge in [0.2, 0.25) is 0 Å². The molecule has 0 unspecified atom stereocenters. The van der Waals surface area contributed by atoms with Crippen LogP contribution in [0.4, 0.5) is 0 Å². The van der Waals surface area contributed by atoms with Gasteiger partial charge in [-0.2, -0.15) is 0 Å². The molecule has 6 heteroatoms. The van der Waals surface area contributed by atoms with Gasteiger partial charge in [0, 0.05) is 30.7 Å². The minimum absolute atomic E-state index is 0.00922. The molecule has 5 nitrogen and oxygen atoms in total. The first kappa shape index (κ1) is 22.5. The molecule has 1 aliphatic rings. The van der Waals surface area contributed by atoms with E-state index in [4.69, 9.17) is 12.2 Å². The minimum Gasteiger partial charge on any atom is -0.396 e. The van der Waals surface area contributed by atoms with E-state index in [1.165, 1.54) is 39.3 Å². The number of hydrogen-bond acceptors (Lipinski definition) is 3. The third kappa shape index (κ3) is 3.93. The predicted octanol–water partition coefficient (Wildman–Crippen LogP) is 4.77. The van der Waals surface area contributed by atoms with E-state index in [0.29, 0.717) is 18.1 Å². The number of aliphatic hydroxyl groups excluding tert-OH is 1. The summed E-state index contributed by atoms with van der Waals surface area (Å²) in [5, 5.41) is 13.7. The number of benzene rings is 1. The van der Waals surface area contributed by atoms with E-state index in [9.17, 15) is 5.11 Å². The molecular formula is C26H32N4OS. The van der Waals surface area contributed by atoms with Gasteiger partial charge >= 0.3 is 0 Å². The van der Waals surface area contributed by atoms with Crippen molar-refractivity contribution in [3.05, 3.63) is 81.9 Å². The van der Waals surface area contributed by atoms with Crippen LogP contribution in [0.2, 0.25) is 0 Å². The van der Waals surface area contributed by atoms with Crippen LogP contribution < -0.4 is 5.32 Å². The highest BCUT2D eigenvalue weighted by Gasteiger charge is 2.41. The second-order valence-electron chi connectivity index (χ2n) is 8.81. The van der Waals surface area contributed by atoms with Gasteiger partial charge in [0.25, 0.3) is 0 Å². The van der Waals surface area contributed by atoms with Crippen LogP contribution in [0.15, 0.2) is 42.6 Å². The monoisotopic (exact) mass is 448 g/mol. The van der Waals surface area contributed by atoms with Crippen molar-refractivity contribution in [3.8, 4) is 5.69 Å². The van der Waals surface area contributed by atoms with E-state index < -0.39 is 0 Å². The number of thiocarbonyl (C=S) groups is 1. The number of pyridine rings is 1. The molecule has 1 aromatic carbocycles. The molecule has 1 aliphatic heterocycles. The zero-order chi connectivity index (χ0) is 23.0. The standard InChI is InChI=1S/C26H32N4OS/c1-16-13-17(2)24(18(3)14-16)30-19(4)15-21(20(30)5)25-23(22-9-6-7-10-27-22)28-26(32)29(25)11-8-12-31/h6-7,9-10,13-15,23,25,31H,8,11-12H2,1-5H3,(H,28,32)/t23-,25+/m1/s1. The molecule has 0 amide bonds. The van der Waals surface area contributed by atoms with Gasteiger partial charge in [-0.3, -0.25) is 4.98 Å². The molecule has 3 aromatic rings. The quantitative estimate of drug-likeness (QED) is 0.532. The lowest BCUT2D eigenvalue weighted by Gasteiger charge is -2.28. The number of nitrogens with zero attached hydrogens (tertiary/aromatic N) is 3. The maximum Gasteiger partial charge on any atom is 0.170 e. The molecule has 1 saturated heterocycles. The second-order valence-corrected chi connectivity index (χ2v) is 9.19. The maximum absolute atomic E-state index is 9.48. The maximum atomic E-state index is 9.48. The van der Waals surface area contributed by atoms with Crippen LogP contribution in [0.25, 0.3) is 5.69 Å². The first-order valence-corrected chi connectivity index (χ1v) is 11.6. The molecule has 0 spiro atoms. The SMILES string of the molecule is Cc1cc(C)c(-n2c(C)cc([C@H]3[C@@H](c4ccccn4)NC(=S)N3CCCO)c2C)c(C)c1. The summed E-state index contributed by atoms with van der Waals surface area (Å²) in [5.74, 6) is 0. The van der Waals surface area contributed by atoms with Crippen molar-refractivity contribution >= 4 is 17.3 Å². The summed E-state index contributed by atoms with van der Waals surface area (Å²) in [4.78, 5) is 6.85. The largest absolute Gasteiger partial charge is 0.396 e. The van der Waals surface area contributed by atoms with Crippen LogP contribution in [0.1, 0.15) is 57.8 Å². The van der Waals surface area contributed by atoms with Gasteiger partial charge in [0.05, 0.1) is 23.5 Å². The van der Waals surface area contributed by atoms with E-state index in [-0.39, 0.29) is 18.7 Å². The fraction of sp³-hybridized carbons (Fsp3) is 0.385. The summed E-state index contributed by atoms with van der Waals surface area (Å²) >= 11 is 5.74. The third-order valence-corrected chi connectivity index (χ3v) is 6.76. The average molecular weight is 449 g/mol. The molecule has 168 valence electrons. The Labute approximate surface area is 196 Å². The van der Waals surface area contributed by atoms with Gasteiger partial charge in [0.15, 0.2) is 5.11 Å². The zero-order valence-corrected chi connectivity index (χ0v) is 20.3. The Bertz CT molecular complexity index is 1120. The Hall–Kier alpha value is -2.70. The predicted molar refractivity (Wildman–Crippen MR) is 133 cm³/mol. The van der Waals surface area contributed by atoms with Gasteiger partial charge in [0.1, 0.15) is 0 Å². The second kappa shape index (κ2) is 9.04. The van der Waals surface area contributed by atoms with Crippen molar-refractivity contribution < 1.29 is 5.11 Å². The molecule has 32 heavy (non-hydrogen) atoms. The van der Waals surface area contributed by atoms with Gasteiger partial charge < -0.3 is 19.9 Å². The van der Waals surface area contributed by atoms with E-state index >= 15 is 0 Å². The Morgan fingerprint density at radius 1 is 1.06 bits per heavy atom. The summed E-state index contributed by atoms with van der Waals surface area (Å²) in [5.41, 5.74) is 9.70. The van der Waals surface area contributed by atoms with Crippen molar-refractivity contribution in [2.24, 2.45) is 0 Å². The normalized spacial score (nSPS) is 18.3. The summed E-state index contributed by atoms with van der Waals surface area (Å²) in [6.07, 6.45) is 2.50. The van der Waals surface area contributed by atoms with E-state index in [1.54, 1.807) is 0 Å². The topological polar surface area (TPSA) is 53.3 Å². The number of nitrogens with one attached hydrogen (secondary N) is 1. The molecule has 0 saturated carbocycles. The van der Waals surface area contributed by atoms with Crippen molar-refractivity contribution in [2.75, 3.05) is 13.2 Å². The van der Waals surface area contributed by atoms with Gasteiger partial charge in [-0.1, -0.05) is 23.8 Å². The lowest BCUT2D eigenvalue weighted by atomic mass is 9.96. The van der Waals surface area contributed by atoms with Crippen LogP contribution in [-0.2, 0) is 0 Å². The van der Waals surface area contributed by atoms with Crippen LogP contribution in [0.5, 0.6) is 0 Å². The fourth-order valence-electron chi connectivity index (χ4n) is 5.18. The first-order chi connectivity index (χ1) is 15.3. The van der Waals surface area contributed by atoms with Crippen LogP contribution >= 0.6 is 12.2 Å². The molecule has 3 heterocycles. The van der Waals surface area contributed by atoms with Gasteiger partial charge in [-0.25, -0.2) is 0 Å². The Morgan fingerprint density at radius 2 is 1.78 bits per heavy atom. The Balaban J connectivity index is 1.86. The number of aliphatic hydroxyl groups is 1. The molecule has 0 aliphatic carbocycles. The minimum atomic E-state index is -0.0449. The summed E-state index contributed by atoms with van der Waals surface area (Å²) in [6, 6.07) is 12.8. The van der Waals surface area contributed by atoms with Crippen LogP contribution in [-0.4, -0.2) is 37.8 Å². The highest BCUT2D eigenvalue weighted by molar-refractivity contribution is 7.80. The number of rotatable bonds is 6. The van der Waals surface area contributed by atoms with E-state index in [1.807, 2.05) is 18.3 Å². The molecule has 0 radical (unpaired) electrons. The number of aromatic nitrogens is 2. The van der Waals surface area contributed by atoms with Crippen molar-refractivity contribution in [1.82, 2.24) is 19.8 Å². The highest BCUT2D eigenvalue weighted by atomic mass is 32.1. The Kier molecular flexibility index (Phi) is 6.35. The highest BCUT2D eigenvalue weighted by Crippen LogP contribution is 2.41. The zero-order valence-electron chi connectivity index (χ0n) is 19.5. The number of aryl methyl sites for hydroxylation is 4. The summed E-state index contributed by atoms with van der Waals surface area (Å²) < 4.78 is 2.38. The molecule has 4 rings (SSSR count). The molecule has 2 atom stereocenters. The van der Waals surface area contributed by atoms with Gasteiger partial charge in [-0.05, 0) is 88.1 Å². The summed E-state index contributed by atoms with van der Waals surface area (Å²) in [7, 11) is 0. The molecule has 2 aromatic heterocycles. The molecule has 1 fully saturated rings. The average Bonchev–Trinajstić information content (AvgIpc) is 3.22. The Morgan fingerprint density at radius 3 is 2.41 bits per heavy atom. The lowest BCUT2D eigenvalue weighted by molar-refractivity contribution is 0.247. The lowest BCUT2D eigenvalue weighted by Crippen LogP contribution is -2.31. The van der Waals surface area contributed by atoms with Crippen LogP contribution in [0.3, 0.4) is 0 Å². The molecule has 0 bridgehead atoms. The first-order valence-electron chi connectivity index (χ1n) is 11.2. The van der Waals surface area contributed by atoms with Gasteiger partial charge in [-0.15, -0.1) is 0 Å². The molecule has 2 N–H and O–H groups in total. The third-order valence-electron chi connectivity index (χ3n) is 6.40. The van der Waals surface area contributed by atoms with Crippen molar-refractivity contribution in [2.45, 2.75) is 53.1 Å². The van der Waals surface area contributed by atoms with Crippen molar-refractivity contribution in [3.63, 3.8) is 0 Å². The van der Waals surface area contributed by atoms with E-state index in [0.717, 1.165) is 5.69 Å².